The van der Waals surface area contributed by atoms with Crippen LogP contribution < -0.4 is 10.1 Å². The minimum atomic E-state index is -0.246. The topological polar surface area (TPSA) is 97.6 Å². The van der Waals surface area contributed by atoms with E-state index >= 15 is 0 Å². The summed E-state index contributed by atoms with van der Waals surface area (Å²) in [6.07, 6.45) is 1.48. The fourth-order valence-electron chi connectivity index (χ4n) is 3.79. The largest absolute Gasteiger partial charge is 0.496 e. The van der Waals surface area contributed by atoms with Crippen molar-refractivity contribution in [3.63, 3.8) is 0 Å². The fourth-order valence-corrected chi connectivity index (χ4v) is 3.79. The van der Waals surface area contributed by atoms with Crippen LogP contribution >= 0.6 is 0 Å². The lowest BCUT2D eigenvalue weighted by molar-refractivity contribution is -0.131. The van der Waals surface area contributed by atoms with Crippen LogP contribution in [0.5, 0.6) is 5.75 Å². The van der Waals surface area contributed by atoms with Gasteiger partial charge in [0.1, 0.15) is 5.75 Å². The van der Waals surface area contributed by atoms with Crippen molar-refractivity contribution in [1.29, 1.82) is 0 Å². The average Bonchev–Trinajstić information content (AvgIpc) is 3.33. The van der Waals surface area contributed by atoms with E-state index in [0.29, 0.717) is 36.1 Å². The molecule has 1 saturated heterocycles. The number of nitrogens with one attached hydrogen (secondary N) is 1. The van der Waals surface area contributed by atoms with Gasteiger partial charge in [-0.3, -0.25) is 9.59 Å². The van der Waals surface area contributed by atoms with Gasteiger partial charge in [0.2, 0.25) is 5.91 Å². The molecule has 0 saturated carbocycles. The van der Waals surface area contributed by atoms with Crippen LogP contribution in [0.15, 0.2) is 53.1 Å². The summed E-state index contributed by atoms with van der Waals surface area (Å²) in [5.74, 6) is 1.53. The minimum absolute atomic E-state index is 0.0163. The summed E-state index contributed by atoms with van der Waals surface area (Å²) in [6.45, 7) is 3.12. The van der Waals surface area contributed by atoms with E-state index in [1.165, 1.54) is 0 Å². The highest BCUT2D eigenvalue weighted by molar-refractivity contribution is 5.96. The molecule has 2 amide bonds. The summed E-state index contributed by atoms with van der Waals surface area (Å²) in [7, 11) is 1.60. The van der Waals surface area contributed by atoms with E-state index in [-0.39, 0.29) is 24.3 Å². The number of likely N-dealkylation sites (tertiary alicyclic amines) is 1. The molecule has 1 aliphatic heterocycles. The smallest absolute Gasteiger partial charge is 0.261 e. The van der Waals surface area contributed by atoms with Crippen LogP contribution in [0.25, 0.3) is 11.5 Å². The van der Waals surface area contributed by atoms with Crippen molar-refractivity contribution in [2.75, 3.05) is 26.7 Å². The third-order valence-corrected chi connectivity index (χ3v) is 5.71. The van der Waals surface area contributed by atoms with E-state index in [0.717, 1.165) is 24.0 Å². The van der Waals surface area contributed by atoms with Crippen molar-refractivity contribution in [1.82, 2.24) is 20.4 Å². The first-order valence-electron chi connectivity index (χ1n) is 10.6. The van der Waals surface area contributed by atoms with Gasteiger partial charge in [0.05, 0.1) is 19.2 Å². The molecule has 0 spiro atoms. The normalized spacial score (nSPS) is 14.2. The third kappa shape index (κ3) is 4.80. The maximum absolute atomic E-state index is 12.5. The van der Waals surface area contributed by atoms with E-state index in [1.54, 1.807) is 24.1 Å². The van der Waals surface area contributed by atoms with Crippen LogP contribution in [0.2, 0.25) is 0 Å². The molecule has 0 unspecified atom stereocenters. The van der Waals surface area contributed by atoms with Gasteiger partial charge in [0.15, 0.2) is 5.82 Å². The monoisotopic (exact) mass is 434 g/mol. The first kappa shape index (κ1) is 21.5. The first-order valence-corrected chi connectivity index (χ1v) is 10.6. The molecule has 0 bridgehead atoms. The van der Waals surface area contributed by atoms with Crippen LogP contribution in [0.3, 0.4) is 0 Å². The second kappa shape index (κ2) is 9.64. The number of hydrogen-bond acceptors (Lipinski definition) is 6. The zero-order valence-electron chi connectivity index (χ0n) is 18.2. The van der Waals surface area contributed by atoms with E-state index in [2.05, 4.69) is 15.5 Å². The summed E-state index contributed by atoms with van der Waals surface area (Å²) in [6, 6.07) is 14.8. The van der Waals surface area contributed by atoms with Crippen molar-refractivity contribution in [3.05, 3.63) is 65.5 Å². The highest BCUT2D eigenvalue weighted by Crippen LogP contribution is 2.31. The van der Waals surface area contributed by atoms with Crippen LogP contribution in [0.1, 0.15) is 40.5 Å². The average molecular weight is 434 g/mol. The van der Waals surface area contributed by atoms with Gasteiger partial charge in [-0.1, -0.05) is 35.0 Å². The summed E-state index contributed by atoms with van der Waals surface area (Å²) >= 11 is 0. The Morgan fingerprint density at radius 2 is 1.84 bits per heavy atom. The maximum atomic E-state index is 12.5. The molecule has 166 valence electrons. The zero-order chi connectivity index (χ0) is 22.5. The van der Waals surface area contributed by atoms with E-state index in [4.69, 9.17) is 9.26 Å². The molecule has 0 aliphatic carbocycles. The molecule has 3 aromatic rings. The van der Waals surface area contributed by atoms with Gasteiger partial charge in [-0.2, -0.15) is 4.98 Å². The van der Waals surface area contributed by atoms with Crippen molar-refractivity contribution in [2.45, 2.75) is 25.7 Å². The summed E-state index contributed by atoms with van der Waals surface area (Å²) in [5.41, 5.74) is 2.38. The highest BCUT2D eigenvalue weighted by atomic mass is 16.5. The van der Waals surface area contributed by atoms with Crippen LogP contribution in [0, 0.1) is 6.92 Å². The van der Waals surface area contributed by atoms with Crippen LogP contribution in [-0.2, 0) is 4.79 Å². The molecular formula is C24H26N4O4. The molecule has 2 heterocycles. The van der Waals surface area contributed by atoms with Crippen molar-refractivity contribution in [2.24, 2.45) is 0 Å². The zero-order valence-corrected chi connectivity index (χ0v) is 18.2. The number of piperidine rings is 1. The van der Waals surface area contributed by atoms with Crippen LogP contribution in [0.4, 0.5) is 0 Å². The lowest BCUT2D eigenvalue weighted by Crippen LogP contribution is -2.43. The standard InChI is InChI=1S/C24H26N4O4/c1-16-7-9-18(10-8-16)23(30)25-15-21(29)28-13-11-17(12-14-28)22-26-24(32-27-22)19-5-3-4-6-20(19)31-2/h3-10,17H,11-15H2,1-2H3,(H,25,30). The maximum Gasteiger partial charge on any atom is 0.261 e. The first-order chi connectivity index (χ1) is 15.5. The molecule has 32 heavy (non-hydrogen) atoms. The number of carbonyl (C=O) groups excluding carboxylic acids is 2. The molecule has 8 heteroatoms. The Balaban J connectivity index is 1.29. The Hall–Kier alpha value is -3.68. The Morgan fingerprint density at radius 1 is 1.12 bits per heavy atom. The number of benzene rings is 2. The number of aryl methyl sites for hydroxylation is 1. The summed E-state index contributed by atoms with van der Waals surface area (Å²) in [5, 5.41) is 6.87. The number of hydrogen-bond donors (Lipinski definition) is 1. The number of amides is 2. The molecule has 0 radical (unpaired) electrons. The van der Waals surface area contributed by atoms with E-state index in [9.17, 15) is 9.59 Å². The molecule has 2 aromatic carbocycles. The highest BCUT2D eigenvalue weighted by Gasteiger charge is 2.27. The number of nitrogens with zero attached hydrogens (tertiary/aromatic N) is 3. The van der Waals surface area contributed by atoms with Gasteiger partial charge in [0, 0.05) is 24.6 Å². The van der Waals surface area contributed by atoms with Crippen molar-refractivity contribution in [3.8, 4) is 17.2 Å². The van der Waals surface area contributed by atoms with Crippen LogP contribution in [-0.4, -0.2) is 53.6 Å². The Kier molecular flexibility index (Phi) is 6.49. The van der Waals surface area contributed by atoms with Crippen molar-refractivity contribution >= 4 is 11.8 Å². The predicted octanol–water partition coefficient (Wildman–Crippen LogP) is 3.19. The number of aromatic nitrogens is 2. The van der Waals surface area contributed by atoms with Gasteiger partial charge in [-0.05, 0) is 44.0 Å². The van der Waals surface area contributed by atoms with Gasteiger partial charge < -0.3 is 19.5 Å². The SMILES string of the molecule is COc1ccccc1-c1nc(C2CCN(C(=O)CNC(=O)c3ccc(C)cc3)CC2)no1. The van der Waals surface area contributed by atoms with Gasteiger partial charge in [-0.15, -0.1) is 0 Å². The molecule has 8 nitrogen and oxygen atoms in total. The van der Waals surface area contributed by atoms with Gasteiger partial charge in [-0.25, -0.2) is 0 Å². The second-order valence-electron chi connectivity index (χ2n) is 7.86. The molecule has 1 aliphatic rings. The van der Waals surface area contributed by atoms with E-state index < -0.39 is 0 Å². The molecular weight excluding hydrogens is 408 g/mol. The lowest BCUT2D eigenvalue weighted by Gasteiger charge is -2.30. The Bertz CT molecular complexity index is 1090. The molecule has 1 aromatic heterocycles. The van der Waals surface area contributed by atoms with Crippen molar-refractivity contribution < 1.29 is 18.8 Å². The third-order valence-electron chi connectivity index (χ3n) is 5.71. The Morgan fingerprint density at radius 3 is 2.56 bits per heavy atom. The summed E-state index contributed by atoms with van der Waals surface area (Å²) < 4.78 is 10.8. The quantitative estimate of drug-likeness (QED) is 0.640. The lowest BCUT2D eigenvalue weighted by atomic mass is 9.96. The van der Waals surface area contributed by atoms with Gasteiger partial charge in [0.25, 0.3) is 11.8 Å². The molecule has 1 N–H and O–H groups in total. The molecule has 0 atom stereocenters. The predicted molar refractivity (Wildman–Crippen MR) is 118 cm³/mol. The number of carbonyl (C=O) groups is 2. The summed E-state index contributed by atoms with van der Waals surface area (Å²) in [4.78, 5) is 31.1. The van der Waals surface area contributed by atoms with Gasteiger partial charge >= 0.3 is 0 Å². The Labute approximate surface area is 186 Å². The second-order valence-corrected chi connectivity index (χ2v) is 7.86. The number of rotatable bonds is 6. The number of ether oxygens (including phenoxy) is 1. The fraction of sp³-hybridized carbons (Fsp3) is 0.333. The van der Waals surface area contributed by atoms with E-state index in [1.807, 2.05) is 43.3 Å². The number of para-hydroxylation sites is 1. The number of methoxy groups -OCH3 is 1. The molecule has 4 rings (SSSR count). The minimum Gasteiger partial charge on any atom is -0.496 e. The molecule has 1 fully saturated rings.